The zero-order valence-electron chi connectivity index (χ0n) is 12.1. The van der Waals surface area contributed by atoms with Crippen molar-refractivity contribution in [2.75, 3.05) is 18.5 Å². The van der Waals surface area contributed by atoms with Crippen LogP contribution in [0.1, 0.15) is 32.3 Å². The van der Waals surface area contributed by atoms with E-state index in [4.69, 9.17) is 5.84 Å². The van der Waals surface area contributed by atoms with Gasteiger partial charge in [0.1, 0.15) is 5.69 Å². The molecule has 0 amide bonds. The highest BCUT2D eigenvalue weighted by molar-refractivity contribution is 5.65. The summed E-state index contributed by atoms with van der Waals surface area (Å²) in [4.78, 5) is 12.9. The number of benzene rings is 1. The lowest BCUT2D eigenvalue weighted by atomic mass is 9.82. The maximum atomic E-state index is 11.0. The lowest BCUT2D eigenvalue weighted by Gasteiger charge is -2.37. The van der Waals surface area contributed by atoms with Gasteiger partial charge >= 0.3 is 0 Å². The summed E-state index contributed by atoms with van der Waals surface area (Å²) in [5, 5.41) is 11.0. The predicted molar refractivity (Wildman–Crippen MR) is 79.2 cm³/mol. The van der Waals surface area contributed by atoms with Crippen LogP contribution in [0.5, 0.6) is 0 Å². The number of nitrogen functional groups attached to an aromatic ring is 1. The first-order valence-electron chi connectivity index (χ1n) is 6.88. The number of nitrogens with two attached hydrogens (primary N) is 1. The number of anilines is 1. The average molecular weight is 278 g/mol. The molecule has 1 aliphatic rings. The Balaban J connectivity index is 2.14. The Kier molecular flexibility index (Phi) is 4.25. The Hall–Kier alpha value is -1.66. The van der Waals surface area contributed by atoms with Crippen LogP contribution in [0.15, 0.2) is 18.2 Å². The van der Waals surface area contributed by atoms with Crippen molar-refractivity contribution in [3.8, 4) is 0 Å². The Bertz CT molecular complexity index is 492. The van der Waals surface area contributed by atoms with Gasteiger partial charge < -0.3 is 5.43 Å². The van der Waals surface area contributed by atoms with Crippen LogP contribution in [0.2, 0.25) is 0 Å². The number of nitrogens with one attached hydrogen (secondary N) is 1. The summed E-state index contributed by atoms with van der Waals surface area (Å²) in [5.41, 5.74) is 4.21. The number of piperidine rings is 1. The molecule has 1 aromatic carbocycles. The smallest absolute Gasteiger partial charge is 0.293 e. The number of hydrazine groups is 1. The minimum atomic E-state index is -0.405. The molecule has 0 aliphatic carbocycles. The molecule has 1 aliphatic heterocycles. The summed E-state index contributed by atoms with van der Waals surface area (Å²) in [6.07, 6.45) is 2.29. The van der Waals surface area contributed by atoms with E-state index in [1.54, 1.807) is 6.07 Å². The number of likely N-dealkylation sites (tertiary alicyclic amines) is 1. The second-order valence-corrected chi connectivity index (χ2v) is 6.15. The lowest BCUT2D eigenvalue weighted by molar-refractivity contribution is -0.384. The van der Waals surface area contributed by atoms with Crippen LogP contribution in [0.4, 0.5) is 11.4 Å². The van der Waals surface area contributed by atoms with Crippen molar-refractivity contribution < 1.29 is 4.92 Å². The maximum Gasteiger partial charge on any atom is 0.293 e. The molecule has 6 nitrogen and oxygen atoms in total. The molecule has 0 spiro atoms. The number of nitro groups is 1. The molecule has 0 atom stereocenters. The molecule has 3 N–H and O–H groups in total. The van der Waals surface area contributed by atoms with E-state index in [-0.39, 0.29) is 5.69 Å². The molecule has 2 rings (SSSR count). The summed E-state index contributed by atoms with van der Waals surface area (Å²) >= 11 is 0. The molecule has 0 radical (unpaired) electrons. The molecule has 1 aromatic rings. The van der Waals surface area contributed by atoms with Crippen LogP contribution >= 0.6 is 0 Å². The number of hydrogen-bond donors (Lipinski definition) is 2. The molecule has 0 unspecified atom stereocenters. The van der Waals surface area contributed by atoms with Crippen molar-refractivity contribution in [3.63, 3.8) is 0 Å². The highest BCUT2D eigenvalue weighted by atomic mass is 16.6. The first-order chi connectivity index (χ1) is 9.43. The van der Waals surface area contributed by atoms with Gasteiger partial charge in [-0.3, -0.25) is 20.9 Å². The SMILES string of the molecule is CC1(C)CCN(Cc2cccc([N+](=O)[O-])c2NN)CC1. The maximum absolute atomic E-state index is 11.0. The largest absolute Gasteiger partial charge is 0.318 e. The second kappa shape index (κ2) is 5.76. The fourth-order valence-electron chi connectivity index (χ4n) is 2.59. The standard InChI is InChI=1S/C14H22N4O2/c1-14(2)6-8-17(9-7-14)10-11-4-3-5-12(18(19)20)13(11)16-15/h3-5,16H,6-10,15H2,1-2H3. The van der Waals surface area contributed by atoms with Gasteiger partial charge in [0, 0.05) is 12.6 Å². The van der Waals surface area contributed by atoms with Crippen molar-refractivity contribution in [1.29, 1.82) is 0 Å². The van der Waals surface area contributed by atoms with Crippen molar-refractivity contribution in [1.82, 2.24) is 4.90 Å². The van der Waals surface area contributed by atoms with Crippen LogP contribution in [0, 0.1) is 15.5 Å². The molecule has 1 heterocycles. The van der Waals surface area contributed by atoms with E-state index >= 15 is 0 Å². The van der Waals surface area contributed by atoms with Crippen molar-refractivity contribution in [2.24, 2.45) is 11.3 Å². The van der Waals surface area contributed by atoms with E-state index in [2.05, 4.69) is 24.2 Å². The molecule has 0 saturated carbocycles. The Morgan fingerprint density at radius 2 is 2.05 bits per heavy atom. The number of nitrogens with zero attached hydrogens (tertiary/aromatic N) is 2. The monoisotopic (exact) mass is 278 g/mol. The minimum Gasteiger partial charge on any atom is -0.318 e. The van der Waals surface area contributed by atoms with Crippen LogP contribution in [-0.2, 0) is 6.54 Å². The Labute approximate surface area is 119 Å². The Morgan fingerprint density at radius 1 is 1.40 bits per heavy atom. The summed E-state index contributed by atoms with van der Waals surface area (Å²) in [7, 11) is 0. The summed E-state index contributed by atoms with van der Waals surface area (Å²) in [6, 6.07) is 5.07. The predicted octanol–water partition coefficient (Wildman–Crippen LogP) is 2.50. The minimum absolute atomic E-state index is 0.0299. The molecule has 0 bridgehead atoms. The molecule has 0 aromatic heterocycles. The third kappa shape index (κ3) is 3.26. The average Bonchev–Trinajstić information content (AvgIpc) is 2.40. The van der Waals surface area contributed by atoms with Gasteiger partial charge in [-0.1, -0.05) is 26.0 Å². The van der Waals surface area contributed by atoms with E-state index in [0.717, 1.165) is 31.5 Å². The topological polar surface area (TPSA) is 84.4 Å². The van der Waals surface area contributed by atoms with Crippen LogP contribution in [-0.4, -0.2) is 22.9 Å². The van der Waals surface area contributed by atoms with Crippen molar-refractivity contribution in [3.05, 3.63) is 33.9 Å². The number of nitro benzene ring substituents is 1. The molecule has 20 heavy (non-hydrogen) atoms. The zero-order valence-corrected chi connectivity index (χ0v) is 12.1. The van der Waals surface area contributed by atoms with Gasteiger partial charge in [0.15, 0.2) is 0 Å². The third-order valence-electron chi connectivity index (χ3n) is 4.07. The molecule has 1 saturated heterocycles. The molecular formula is C14H22N4O2. The number of para-hydroxylation sites is 1. The number of hydrogen-bond acceptors (Lipinski definition) is 5. The van der Waals surface area contributed by atoms with Gasteiger partial charge in [-0.15, -0.1) is 0 Å². The van der Waals surface area contributed by atoms with Gasteiger partial charge in [-0.2, -0.15) is 0 Å². The molecule has 1 fully saturated rings. The summed E-state index contributed by atoms with van der Waals surface area (Å²) in [5.74, 6) is 5.46. The van der Waals surface area contributed by atoms with E-state index in [1.807, 2.05) is 6.07 Å². The highest BCUT2D eigenvalue weighted by Crippen LogP contribution is 2.32. The van der Waals surface area contributed by atoms with Crippen molar-refractivity contribution >= 4 is 11.4 Å². The first-order valence-corrected chi connectivity index (χ1v) is 6.88. The normalized spacial score (nSPS) is 18.8. The molecule has 6 heteroatoms. The van der Waals surface area contributed by atoms with Gasteiger partial charge in [0.25, 0.3) is 5.69 Å². The van der Waals surface area contributed by atoms with Crippen LogP contribution in [0.3, 0.4) is 0 Å². The summed E-state index contributed by atoms with van der Waals surface area (Å²) < 4.78 is 0. The van der Waals surface area contributed by atoms with Crippen LogP contribution < -0.4 is 11.3 Å². The molecular weight excluding hydrogens is 256 g/mol. The van der Waals surface area contributed by atoms with Gasteiger partial charge in [-0.05, 0) is 36.9 Å². The van der Waals surface area contributed by atoms with E-state index in [0.29, 0.717) is 17.6 Å². The van der Waals surface area contributed by atoms with Crippen molar-refractivity contribution in [2.45, 2.75) is 33.2 Å². The van der Waals surface area contributed by atoms with Crippen LogP contribution in [0.25, 0.3) is 0 Å². The van der Waals surface area contributed by atoms with E-state index < -0.39 is 4.92 Å². The van der Waals surface area contributed by atoms with E-state index in [1.165, 1.54) is 6.07 Å². The fourth-order valence-corrected chi connectivity index (χ4v) is 2.59. The molecule has 110 valence electrons. The number of rotatable bonds is 4. The van der Waals surface area contributed by atoms with Gasteiger partial charge in [0.05, 0.1) is 4.92 Å². The first kappa shape index (κ1) is 14.7. The lowest BCUT2D eigenvalue weighted by Crippen LogP contribution is -2.37. The zero-order chi connectivity index (χ0) is 14.8. The summed E-state index contributed by atoms with van der Waals surface area (Å²) in [6.45, 7) is 7.28. The van der Waals surface area contributed by atoms with Gasteiger partial charge in [-0.25, -0.2) is 0 Å². The Morgan fingerprint density at radius 3 is 2.60 bits per heavy atom. The van der Waals surface area contributed by atoms with E-state index in [9.17, 15) is 10.1 Å². The highest BCUT2D eigenvalue weighted by Gasteiger charge is 2.26. The second-order valence-electron chi connectivity index (χ2n) is 6.15. The quantitative estimate of drug-likeness (QED) is 0.502. The van der Waals surface area contributed by atoms with Gasteiger partial charge in [0.2, 0.25) is 0 Å². The fraction of sp³-hybridized carbons (Fsp3) is 0.571. The third-order valence-corrected chi connectivity index (χ3v) is 4.07.